The lowest BCUT2D eigenvalue weighted by atomic mass is 10.0. The molecule has 3 heterocycles. The number of fused-ring (bicyclic) bond motifs is 1. The van der Waals surface area contributed by atoms with Crippen LogP contribution in [-0.2, 0) is 4.79 Å². The SMILES string of the molecule is CN1CCC(N2CCCC2C(=O)Nc2nc3c(F)cc(F)cc3s2)CC1. The fourth-order valence-corrected chi connectivity index (χ4v) is 4.94. The number of nitrogens with zero attached hydrogens (tertiary/aromatic N) is 3. The number of hydrogen-bond donors (Lipinski definition) is 1. The summed E-state index contributed by atoms with van der Waals surface area (Å²) < 4.78 is 27.6. The van der Waals surface area contributed by atoms with Crippen LogP contribution in [-0.4, -0.2) is 59.5 Å². The normalized spacial score (nSPS) is 23.0. The summed E-state index contributed by atoms with van der Waals surface area (Å²) in [5, 5.41) is 3.15. The van der Waals surface area contributed by atoms with Crippen LogP contribution in [0.4, 0.5) is 13.9 Å². The number of anilines is 1. The second-order valence-electron chi connectivity index (χ2n) is 7.17. The molecule has 8 heteroatoms. The van der Waals surface area contributed by atoms with Crippen molar-refractivity contribution in [1.29, 1.82) is 0 Å². The van der Waals surface area contributed by atoms with E-state index in [9.17, 15) is 13.6 Å². The van der Waals surface area contributed by atoms with Crippen molar-refractivity contribution in [2.24, 2.45) is 0 Å². The molecule has 2 aliphatic heterocycles. The summed E-state index contributed by atoms with van der Waals surface area (Å²) in [6, 6.07) is 2.32. The maximum atomic E-state index is 13.8. The third-order valence-corrected chi connectivity index (χ3v) is 6.32. The van der Waals surface area contributed by atoms with Crippen molar-refractivity contribution in [3.63, 3.8) is 0 Å². The lowest BCUT2D eigenvalue weighted by Gasteiger charge is -2.37. The number of halogens is 2. The Balaban J connectivity index is 1.48. The summed E-state index contributed by atoms with van der Waals surface area (Å²) in [5.74, 6) is -1.44. The molecule has 1 atom stereocenters. The molecule has 1 N–H and O–H groups in total. The number of piperidine rings is 1. The molecule has 2 aliphatic rings. The van der Waals surface area contributed by atoms with Crippen LogP contribution >= 0.6 is 11.3 Å². The summed E-state index contributed by atoms with van der Waals surface area (Å²) in [6.45, 7) is 3.04. The molecule has 5 nitrogen and oxygen atoms in total. The first kappa shape index (κ1) is 17.8. The minimum absolute atomic E-state index is 0.0960. The van der Waals surface area contributed by atoms with Gasteiger partial charge in [0.25, 0.3) is 0 Å². The Bertz CT molecular complexity index is 819. The molecule has 1 aromatic carbocycles. The van der Waals surface area contributed by atoms with Crippen LogP contribution < -0.4 is 5.32 Å². The highest BCUT2D eigenvalue weighted by atomic mass is 32.1. The zero-order chi connectivity index (χ0) is 18.3. The highest BCUT2D eigenvalue weighted by Crippen LogP contribution is 2.30. The molecule has 4 rings (SSSR count). The molecule has 0 aliphatic carbocycles. The van der Waals surface area contributed by atoms with Crippen LogP contribution in [0.2, 0.25) is 0 Å². The molecule has 2 aromatic rings. The van der Waals surface area contributed by atoms with Gasteiger partial charge in [-0.2, -0.15) is 0 Å². The summed E-state index contributed by atoms with van der Waals surface area (Å²) in [4.78, 5) is 21.6. The first-order valence-electron chi connectivity index (χ1n) is 9.02. The number of benzene rings is 1. The van der Waals surface area contributed by atoms with Gasteiger partial charge in [0.05, 0.1) is 10.7 Å². The summed E-state index contributed by atoms with van der Waals surface area (Å²) in [5.41, 5.74) is 0.102. The van der Waals surface area contributed by atoms with E-state index in [0.29, 0.717) is 15.9 Å². The predicted molar refractivity (Wildman–Crippen MR) is 98.4 cm³/mol. The van der Waals surface area contributed by atoms with Gasteiger partial charge in [0.1, 0.15) is 11.3 Å². The lowest BCUT2D eigenvalue weighted by molar-refractivity contribution is -0.121. The predicted octanol–water partition coefficient (Wildman–Crippen LogP) is 3.07. The van der Waals surface area contributed by atoms with Crippen molar-refractivity contribution in [2.75, 3.05) is 32.0 Å². The van der Waals surface area contributed by atoms with E-state index in [1.807, 2.05) is 0 Å². The fraction of sp³-hybridized carbons (Fsp3) is 0.556. The van der Waals surface area contributed by atoms with Crippen molar-refractivity contribution in [2.45, 2.75) is 37.8 Å². The van der Waals surface area contributed by atoms with Crippen molar-refractivity contribution in [1.82, 2.24) is 14.8 Å². The molecular weight excluding hydrogens is 358 g/mol. The summed E-state index contributed by atoms with van der Waals surface area (Å²) in [6.07, 6.45) is 3.98. The van der Waals surface area contributed by atoms with Crippen molar-refractivity contribution >= 4 is 32.6 Å². The lowest BCUT2D eigenvalue weighted by Crippen LogP contribution is -2.49. The van der Waals surface area contributed by atoms with E-state index in [0.717, 1.165) is 62.7 Å². The topological polar surface area (TPSA) is 48.5 Å². The third-order valence-electron chi connectivity index (χ3n) is 5.40. The zero-order valence-corrected chi connectivity index (χ0v) is 15.5. The molecule has 0 bridgehead atoms. The standard InChI is InChI=1S/C18H22F2N4OS/c1-23-7-4-12(5-8-23)24-6-2-3-14(24)17(25)22-18-21-16-13(20)9-11(19)10-15(16)26-18/h9-10,12,14H,2-8H2,1H3,(H,21,22,25). The zero-order valence-electron chi connectivity index (χ0n) is 14.7. The van der Waals surface area contributed by atoms with Crippen LogP contribution in [0.25, 0.3) is 10.2 Å². The smallest absolute Gasteiger partial charge is 0.243 e. The molecule has 1 amide bonds. The number of aromatic nitrogens is 1. The van der Waals surface area contributed by atoms with Gasteiger partial charge in [-0.25, -0.2) is 13.8 Å². The van der Waals surface area contributed by atoms with Gasteiger partial charge in [-0.1, -0.05) is 11.3 Å². The first-order chi connectivity index (χ1) is 12.5. The molecule has 0 spiro atoms. The first-order valence-corrected chi connectivity index (χ1v) is 9.83. The maximum absolute atomic E-state index is 13.8. The Morgan fingerprint density at radius 1 is 1.23 bits per heavy atom. The second-order valence-corrected chi connectivity index (χ2v) is 8.20. The number of likely N-dealkylation sites (tertiary alicyclic amines) is 2. The van der Waals surface area contributed by atoms with Gasteiger partial charge >= 0.3 is 0 Å². The number of hydrogen-bond acceptors (Lipinski definition) is 5. The Morgan fingerprint density at radius 3 is 2.77 bits per heavy atom. The van der Waals surface area contributed by atoms with E-state index >= 15 is 0 Å². The molecule has 26 heavy (non-hydrogen) atoms. The van der Waals surface area contributed by atoms with Crippen molar-refractivity contribution in [3.05, 3.63) is 23.8 Å². The molecule has 1 unspecified atom stereocenters. The number of thiazole rings is 1. The largest absolute Gasteiger partial charge is 0.306 e. The van der Waals surface area contributed by atoms with Gasteiger partial charge in [-0.05, 0) is 58.4 Å². The van der Waals surface area contributed by atoms with Gasteiger partial charge in [-0.3, -0.25) is 9.69 Å². The van der Waals surface area contributed by atoms with Crippen LogP contribution in [0.1, 0.15) is 25.7 Å². The highest BCUT2D eigenvalue weighted by molar-refractivity contribution is 7.22. The minimum atomic E-state index is -0.703. The second kappa shape index (κ2) is 7.17. The monoisotopic (exact) mass is 380 g/mol. The number of rotatable bonds is 3. The molecule has 2 saturated heterocycles. The highest BCUT2D eigenvalue weighted by Gasteiger charge is 2.36. The van der Waals surface area contributed by atoms with Crippen LogP contribution in [0.5, 0.6) is 0 Å². The molecule has 2 fully saturated rings. The Morgan fingerprint density at radius 2 is 2.00 bits per heavy atom. The Labute approximate surface area is 155 Å². The Kier molecular flexibility index (Phi) is 4.90. The van der Waals surface area contributed by atoms with E-state index in [2.05, 4.69) is 27.1 Å². The van der Waals surface area contributed by atoms with Gasteiger partial charge in [0, 0.05) is 12.1 Å². The molecule has 1 aromatic heterocycles. The minimum Gasteiger partial charge on any atom is -0.306 e. The van der Waals surface area contributed by atoms with E-state index in [1.54, 1.807) is 0 Å². The number of carbonyl (C=O) groups is 1. The average molecular weight is 380 g/mol. The molecule has 0 saturated carbocycles. The van der Waals surface area contributed by atoms with E-state index in [4.69, 9.17) is 0 Å². The molecule has 140 valence electrons. The van der Waals surface area contributed by atoms with Crippen molar-refractivity contribution in [3.8, 4) is 0 Å². The molecular formula is C18H22F2N4OS. The van der Waals surface area contributed by atoms with Gasteiger partial charge in [0.2, 0.25) is 5.91 Å². The summed E-state index contributed by atoms with van der Waals surface area (Å²) >= 11 is 1.10. The third kappa shape index (κ3) is 3.45. The van der Waals surface area contributed by atoms with E-state index in [1.165, 1.54) is 6.07 Å². The number of amides is 1. The average Bonchev–Trinajstić information content (AvgIpc) is 3.22. The molecule has 0 radical (unpaired) electrons. The van der Waals surface area contributed by atoms with Gasteiger partial charge in [-0.15, -0.1) is 0 Å². The van der Waals surface area contributed by atoms with Crippen LogP contribution in [0.3, 0.4) is 0 Å². The summed E-state index contributed by atoms with van der Waals surface area (Å²) in [7, 11) is 2.12. The van der Waals surface area contributed by atoms with E-state index in [-0.39, 0.29) is 17.5 Å². The van der Waals surface area contributed by atoms with Crippen LogP contribution in [0.15, 0.2) is 12.1 Å². The fourth-order valence-electron chi connectivity index (χ4n) is 4.03. The van der Waals surface area contributed by atoms with E-state index < -0.39 is 11.6 Å². The Hall–Kier alpha value is -1.64. The number of carbonyl (C=O) groups excluding carboxylic acids is 1. The maximum Gasteiger partial charge on any atom is 0.243 e. The van der Waals surface area contributed by atoms with Crippen molar-refractivity contribution < 1.29 is 13.6 Å². The quantitative estimate of drug-likeness (QED) is 0.889. The van der Waals surface area contributed by atoms with Gasteiger partial charge in [0.15, 0.2) is 10.9 Å². The number of nitrogens with one attached hydrogen (secondary N) is 1. The van der Waals surface area contributed by atoms with Crippen LogP contribution in [0, 0.1) is 11.6 Å². The van der Waals surface area contributed by atoms with Gasteiger partial charge < -0.3 is 10.2 Å².